The lowest BCUT2D eigenvalue weighted by molar-refractivity contribution is 0.0978. The van der Waals surface area contributed by atoms with Crippen molar-refractivity contribution >= 4 is 5.91 Å². The second kappa shape index (κ2) is 3.96. The van der Waals surface area contributed by atoms with E-state index in [1.54, 1.807) is 0 Å². The minimum Gasteiger partial charge on any atom is -0.364 e. The van der Waals surface area contributed by atoms with E-state index in [1.165, 1.54) is 6.07 Å². The number of amides is 1. The maximum absolute atomic E-state index is 12.7. The van der Waals surface area contributed by atoms with Crippen molar-refractivity contribution in [2.24, 2.45) is 5.73 Å². The summed E-state index contributed by atoms with van der Waals surface area (Å²) in [5, 5.41) is 8.47. The topological polar surface area (TPSA) is 79.8 Å². The molecule has 78 valence electrons. The molecule has 0 aliphatic heterocycles. The zero-order chi connectivity index (χ0) is 11.6. The van der Waals surface area contributed by atoms with Crippen LogP contribution in [0.3, 0.4) is 0 Å². The standard InChI is InChI=1S/C8H4F3N3O/c9-4-1-3(2-12)5(7(10)11)6(14-4)8(13)15/h1,7H,(H2,13,15). The van der Waals surface area contributed by atoms with Gasteiger partial charge in [0, 0.05) is 6.07 Å². The molecule has 0 unspecified atom stereocenters. The molecule has 0 saturated carbocycles. The Morgan fingerprint density at radius 1 is 1.60 bits per heavy atom. The van der Waals surface area contributed by atoms with Gasteiger partial charge in [0.1, 0.15) is 5.69 Å². The van der Waals surface area contributed by atoms with Crippen molar-refractivity contribution in [3.8, 4) is 6.07 Å². The number of hydrogen-bond donors (Lipinski definition) is 1. The highest BCUT2D eigenvalue weighted by molar-refractivity contribution is 5.93. The molecule has 0 atom stereocenters. The van der Waals surface area contributed by atoms with E-state index in [4.69, 9.17) is 11.0 Å². The average molecular weight is 215 g/mol. The van der Waals surface area contributed by atoms with Gasteiger partial charge in [-0.25, -0.2) is 13.8 Å². The van der Waals surface area contributed by atoms with Crippen LogP contribution in [0.1, 0.15) is 28.0 Å². The highest BCUT2D eigenvalue weighted by Gasteiger charge is 2.23. The Hall–Kier alpha value is -2.10. The number of hydrogen-bond acceptors (Lipinski definition) is 3. The predicted octanol–water partition coefficient (Wildman–Crippen LogP) is 1.13. The van der Waals surface area contributed by atoms with Gasteiger partial charge >= 0.3 is 0 Å². The van der Waals surface area contributed by atoms with E-state index >= 15 is 0 Å². The summed E-state index contributed by atoms with van der Waals surface area (Å²) in [6, 6.07) is 1.87. The van der Waals surface area contributed by atoms with E-state index < -0.39 is 35.1 Å². The molecular weight excluding hydrogens is 211 g/mol. The van der Waals surface area contributed by atoms with Crippen molar-refractivity contribution in [1.29, 1.82) is 5.26 Å². The number of nitriles is 1. The first-order valence-corrected chi connectivity index (χ1v) is 3.66. The summed E-state index contributed by atoms with van der Waals surface area (Å²) >= 11 is 0. The number of carbonyl (C=O) groups excluding carboxylic acids is 1. The van der Waals surface area contributed by atoms with Crippen LogP contribution in [-0.2, 0) is 0 Å². The summed E-state index contributed by atoms with van der Waals surface area (Å²) in [5.74, 6) is -2.51. The Labute approximate surface area is 82.1 Å². The minimum absolute atomic E-state index is 0.522. The van der Waals surface area contributed by atoms with Crippen LogP contribution in [0.2, 0.25) is 0 Å². The zero-order valence-corrected chi connectivity index (χ0v) is 7.17. The number of nitrogens with zero attached hydrogens (tertiary/aromatic N) is 2. The fourth-order valence-electron chi connectivity index (χ4n) is 1.02. The van der Waals surface area contributed by atoms with Gasteiger partial charge in [-0.3, -0.25) is 4.79 Å². The third-order valence-electron chi connectivity index (χ3n) is 1.60. The van der Waals surface area contributed by atoms with E-state index in [-0.39, 0.29) is 0 Å². The lowest BCUT2D eigenvalue weighted by Crippen LogP contribution is -2.18. The van der Waals surface area contributed by atoms with Crippen LogP contribution in [0.5, 0.6) is 0 Å². The molecule has 0 fully saturated rings. The maximum Gasteiger partial charge on any atom is 0.267 e. The van der Waals surface area contributed by atoms with Crippen molar-refractivity contribution in [3.63, 3.8) is 0 Å². The molecule has 0 saturated heterocycles. The first-order chi connectivity index (χ1) is 6.97. The number of aromatic nitrogens is 1. The molecule has 0 radical (unpaired) electrons. The molecule has 1 aromatic heterocycles. The molecule has 1 heterocycles. The molecule has 0 aliphatic carbocycles. The third kappa shape index (κ3) is 2.04. The number of alkyl halides is 2. The number of primary amides is 1. The van der Waals surface area contributed by atoms with Crippen molar-refractivity contribution in [2.45, 2.75) is 6.43 Å². The van der Waals surface area contributed by atoms with Crippen molar-refractivity contribution in [2.75, 3.05) is 0 Å². The van der Waals surface area contributed by atoms with E-state index in [0.29, 0.717) is 6.07 Å². The second-order valence-corrected chi connectivity index (χ2v) is 2.53. The fourth-order valence-corrected chi connectivity index (χ4v) is 1.02. The summed E-state index contributed by atoms with van der Waals surface area (Å²) in [6.45, 7) is 0. The highest BCUT2D eigenvalue weighted by atomic mass is 19.3. The van der Waals surface area contributed by atoms with Gasteiger partial charge < -0.3 is 5.73 Å². The Balaban J connectivity index is 3.56. The lowest BCUT2D eigenvalue weighted by atomic mass is 10.1. The third-order valence-corrected chi connectivity index (χ3v) is 1.60. The number of halogens is 3. The van der Waals surface area contributed by atoms with Gasteiger partial charge in [-0.05, 0) is 0 Å². The summed E-state index contributed by atoms with van der Waals surface area (Å²) in [6.07, 6.45) is -3.12. The number of nitrogens with two attached hydrogens (primary N) is 1. The van der Waals surface area contributed by atoms with Gasteiger partial charge in [0.05, 0.1) is 17.2 Å². The van der Waals surface area contributed by atoms with Crippen LogP contribution in [0, 0.1) is 17.3 Å². The average Bonchev–Trinajstić information content (AvgIpc) is 2.15. The SMILES string of the molecule is N#Cc1cc(F)nc(C(N)=O)c1C(F)F. The summed E-state index contributed by atoms with van der Waals surface area (Å²) in [5.41, 5.74) is 2.23. The quantitative estimate of drug-likeness (QED) is 0.751. The Morgan fingerprint density at radius 2 is 2.20 bits per heavy atom. The smallest absolute Gasteiger partial charge is 0.267 e. The highest BCUT2D eigenvalue weighted by Crippen LogP contribution is 2.25. The number of carbonyl (C=O) groups is 1. The minimum atomic E-state index is -3.12. The molecule has 0 aliphatic rings. The van der Waals surface area contributed by atoms with Crippen LogP contribution in [0.25, 0.3) is 0 Å². The molecule has 0 spiro atoms. The van der Waals surface area contributed by atoms with Crippen LogP contribution < -0.4 is 5.73 Å². The summed E-state index contributed by atoms with van der Waals surface area (Å²) in [4.78, 5) is 13.6. The molecule has 0 bridgehead atoms. The van der Waals surface area contributed by atoms with Gasteiger partial charge in [-0.1, -0.05) is 0 Å². The first kappa shape index (κ1) is 11.0. The monoisotopic (exact) mass is 215 g/mol. The molecule has 1 rings (SSSR count). The largest absolute Gasteiger partial charge is 0.364 e. The number of pyridine rings is 1. The fraction of sp³-hybridized carbons (Fsp3) is 0.125. The van der Waals surface area contributed by atoms with Crippen molar-refractivity contribution < 1.29 is 18.0 Å². The molecule has 4 nitrogen and oxygen atoms in total. The normalized spacial score (nSPS) is 10.1. The molecule has 1 aromatic rings. The molecule has 0 aromatic carbocycles. The number of rotatable bonds is 2. The van der Waals surface area contributed by atoms with Gasteiger partial charge in [0.15, 0.2) is 0 Å². The van der Waals surface area contributed by atoms with Crippen LogP contribution >= 0.6 is 0 Å². The summed E-state index contributed by atoms with van der Waals surface area (Å²) in [7, 11) is 0. The predicted molar refractivity (Wildman–Crippen MR) is 42.4 cm³/mol. The van der Waals surface area contributed by atoms with Crippen molar-refractivity contribution in [3.05, 3.63) is 28.8 Å². The van der Waals surface area contributed by atoms with Gasteiger partial charge in [0.25, 0.3) is 12.3 Å². The lowest BCUT2D eigenvalue weighted by Gasteiger charge is -2.06. The Morgan fingerprint density at radius 3 is 2.60 bits per heavy atom. The van der Waals surface area contributed by atoms with E-state index in [1.807, 2.05) is 0 Å². The van der Waals surface area contributed by atoms with Crippen LogP contribution in [0.15, 0.2) is 6.07 Å². The van der Waals surface area contributed by atoms with Gasteiger partial charge in [-0.15, -0.1) is 0 Å². The van der Waals surface area contributed by atoms with Crippen LogP contribution in [-0.4, -0.2) is 10.9 Å². The Bertz CT molecular complexity index is 453. The second-order valence-electron chi connectivity index (χ2n) is 2.53. The van der Waals surface area contributed by atoms with E-state index in [2.05, 4.69) is 4.98 Å². The Kier molecular flexibility index (Phi) is 2.90. The van der Waals surface area contributed by atoms with Crippen LogP contribution in [0.4, 0.5) is 13.2 Å². The molecule has 2 N–H and O–H groups in total. The van der Waals surface area contributed by atoms with E-state index in [0.717, 1.165) is 0 Å². The zero-order valence-electron chi connectivity index (χ0n) is 7.17. The molecular formula is C8H4F3N3O. The molecule has 7 heteroatoms. The van der Waals surface area contributed by atoms with E-state index in [9.17, 15) is 18.0 Å². The maximum atomic E-state index is 12.7. The van der Waals surface area contributed by atoms with Gasteiger partial charge in [0.2, 0.25) is 5.95 Å². The molecule has 1 amide bonds. The van der Waals surface area contributed by atoms with Gasteiger partial charge in [-0.2, -0.15) is 9.65 Å². The summed E-state index contributed by atoms with van der Waals surface area (Å²) < 4.78 is 37.6. The van der Waals surface area contributed by atoms with Crippen molar-refractivity contribution in [1.82, 2.24) is 4.98 Å². The molecule has 15 heavy (non-hydrogen) atoms. The first-order valence-electron chi connectivity index (χ1n) is 3.66.